The number of benzene rings is 1. The smallest absolute Gasteiger partial charge is 0.0780 e. The predicted octanol–water partition coefficient (Wildman–Crippen LogP) is 3.27. The van der Waals surface area contributed by atoms with E-state index in [4.69, 9.17) is 0 Å². The molecular formula is C11H8S. The third-order valence-electron chi connectivity index (χ3n) is 1.67. The Labute approximate surface area is 75.8 Å². The lowest BCUT2D eigenvalue weighted by Crippen LogP contribution is -1.57. The lowest BCUT2D eigenvalue weighted by molar-refractivity contribution is 1.84. The average Bonchev–Trinajstić information content (AvgIpc) is 2.47. The van der Waals surface area contributed by atoms with Crippen LogP contribution in [0.5, 0.6) is 0 Å². The maximum Gasteiger partial charge on any atom is 0.0780 e. The summed E-state index contributed by atoms with van der Waals surface area (Å²) in [7, 11) is 0. The molecule has 0 aliphatic rings. The van der Waals surface area contributed by atoms with E-state index in [-0.39, 0.29) is 0 Å². The first-order valence-electron chi connectivity index (χ1n) is 3.81. The third kappa shape index (κ3) is 1.22. The van der Waals surface area contributed by atoms with Gasteiger partial charge in [-0.25, -0.2) is 0 Å². The number of hydrogen-bond donors (Lipinski definition) is 0. The van der Waals surface area contributed by atoms with E-state index in [1.807, 2.05) is 6.92 Å². The molecule has 0 saturated carbocycles. The van der Waals surface area contributed by atoms with Gasteiger partial charge in [0.25, 0.3) is 0 Å². The van der Waals surface area contributed by atoms with Crippen molar-refractivity contribution in [1.82, 2.24) is 0 Å². The summed E-state index contributed by atoms with van der Waals surface area (Å²) in [6, 6.07) is 10.5. The summed E-state index contributed by atoms with van der Waals surface area (Å²) in [6.45, 7) is 1.87. The molecule has 1 aromatic carbocycles. The minimum Gasteiger partial charge on any atom is -0.127 e. The van der Waals surface area contributed by atoms with E-state index < -0.39 is 0 Å². The van der Waals surface area contributed by atoms with Crippen molar-refractivity contribution in [1.29, 1.82) is 0 Å². The van der Waals surface area contributed by atoms with Crippen molar-refractivity contribution in [2.45, 2.75) is 6.92 Å². The van der Waals surface area contributed by atoms with Gasteiger partial charge in [-0.2, -0.15) is 0 Å². The Morgan fingerprint density at radius 2 is 2.08 bits per heavy atom. The molecule has 0 spiro atoms. The van der Waals surface area contributed by atoms with Gasteiger partial charge >= 0.3 is 0 Å². The van der Waals surface area contributed by atoms with E-state index in [0.717, 1.165) is 4.88 Å². The summed E-state index contributed by atoms with van der Waals surface area (Å²) in [5.74, 6) is 5.97. The van der Waals surface area contributed by atoms with Crippen LogP contribution in [0.3, 0.4) is 0 Å². The van der Waals surface area contributed by atoms with Crippen molar-refractivity contribution in [3.05, 3.63) is 35.2 Å². The van der Waals surface area contributed by atoms with Crippen molar-refractivity contribution in [3.8, 4) is 11.8 Å². The van der Waals surface area contributed by atoms with Crippen LogP contribution < -0.4 is 0 Å². The van der Waals surface area contributed by atoms with E-state index in [1.54, 1.807) is 11.3 Å². The van der Waals surface area contributed by atoms with E-state index in [0.29, 0.717) is 0 Å². The Kier molecular flexibility index (Phi) is 1.85. The highest BCUT2D eigenvalue weighted by atomic mass is 32.1. The van der Waals surface area contributed by atoms with Crippen LogP contribution in [0.25, 0.3) is 10.1 Å². The Hall–Kier alpha value is -1.26. The SMILES string of the molecule is CC#Cc1cc2ccccc2s1. The van der Waals surface area contributed by atoms with Gasteiger partial charge in [0, 0.05) is 4.70 Å². The van der Waals surface area contributed by atoms with Crippen LogP contribution >= 0.6 is 11.3 Å². The van der Waals surface area contributed by atoms with Crippen molar-refractivity contribution in [2.24, 2.45) is 0 Å². The minimum absolute atomic E-state index is 1.15. The van der Waals surface area contributed by atoms with Crippen LogP contribution in [0, 0.1) is 11.8 Å². The molecule has 12 heavy (non-hydrogen) atoms. The maximum absolute atomic E-state index is 3.07. The highest BCUT2D eigenvalue weighted by Gasteiger charge is 1.96. The fourth-order valence-electron chi connectivity index (χ4n) is 1.17. The van der Waals surface area contributed by atoms with Gasteiger partial charge in [-0.1, -0.05) is 24.1 Å². The lowest BCUT2D eigenvalue weighted by atomic mass is 10.2. The topological polar surface area (TPSA) is 0 Å². The summed E-state index contributed by atoms with van der Waals surface area (Å²) in [5, 5.41) is 1.29. The molecular weight excluding hydrogens is 164 g/mol. The standard InChI is InChI=1S/C11H8S/c1-2-5-10-8-9-6-3-4-7-11(9)12-10/h3-4,6-8H,1H3. The molecule has 0 N–H and O–H groups in total. The Morgan fingerprint density at radius 1 is 1.25 bits per heavy atom. The molecule has 2 rings (SSSR count). The summed E-state index contributed by atoms with van der Waals surface area (Å²) in [5.41, 5.74) is 0. The Morgan fingerprint density at radius 3 is 2.83 bits per heavy atom. The molecule has 0 radical (unpaired) electrons. The first-order chi connectivity index (χ1) is 5.90. The Balaban J connectivity index is 2.67. The second-order valence-corrected chi connectivity index (χ2v) is 3.61. The predicted molar refractivity (Wildman–Crippen MR) is 54.4 cm³/mol. The largest absolute Gasteiger partial charge is 0.127 e. The quantitative estimate of drug-likeness (QED) is 0.535. The van der Waals surface area contributed by atoms with Gasteiger partial charge in [0.2, 0.25) is 0 Å². The summed E-state index contributed by atoms with van der Waals surface area (Å²) in [6.07, 6.45) is 0. The van der Waals surface area contributed by atoms with Gasteiger partial charge in [0.15, 0.2) is 0 Å². The molecule has 1 aromatic heterocycles. The molecule has 0 atom stereocenters. The molecule has 58 valence electrons. The van der Waals surface area contributed by atoms with Crippen molar-refractivity contribution in [3.63, 3.8) is 0 Å². The normalized spacial score (nSPS) is 9.42. The van der Waals surface area contributed by atoms with Crippen LogP contribution in [0.2, 0.25) is 0 Å². The third-order valence-corrected chi connectivity index (χ3v) is 2.71. The second kappa shape index (κ2) is 3.00. The molecule has 0 bridgehead atoms. The van der Waals surface area contributed by atoms with E-state index in [1.165, 1.54) is 10.1 Å². The van der Waals surface area contributed by atoms with Gasteiger partial charge in [0.05, 0.1) is 4.88 Å². The highest BCUT2D eigenvalue weighted by molar-refractivity contribution is 7.19. The van der Waals surface area contributed by atoms with Crippen molar-refractivity contribution in [2.75, 3.05) is 0 Å². The summed E-state index contributed by atoms with van der Waals surface area (Å²) in [4.78, 5) is 1.15. The highest BCUT2D eigenvalue weighted by Crippen LogP contribution is 2.24. The van der Waals surface area contributed by atoms with Crippen LogP contribution in [-0.2, 0) is 0 Å². The first-order valence-corrected chi connectivity index (χ1v) is 4.63. The first kappa shape index (κ1) is 7.39. The van der Waals surface area contributed by atoms with Crippen LogP contribution in [0.1, 0.15) is 11.8 Å². The minimum atomic E-state index is 1.15. The summed E-state index contributed by atoms with van der Waals surface area (Å²) >= 11 is 1.75. The van der Waals surface area contributed by atoms with Crippen molar-refractivity contribution < 1.29 is 0 Å². The molecule has 1 heterocycles. The Bertz CT molecular complexity index is 421. The fourth-order valence-corrected chi connectivity index (χ4v) is 2.13. The average molecular weight is 172 g/mol. The maximum atomic E-state index is 3.07. The molecule has 1 heteroatoms. The van der Waals surface area contributed by atoms with Crippen LogP contribution in [0.15, 0.2) is 30.3 Å². The van der Waals surface area contributed by atoms with E-state index in [9.17, 15) is 0 Å². The molecule has 0 amide bonds. The van der Waals surface area contributed by atoms with Crippen LogP contribution in [0.4, 0.5) is 0 Å². The van der Waals surface area contributed by atoms with Gasteiger partial charge in [-0.05, 0) is 24.4 Å². The van der Waals surface area contributed by atoms with Gasteiger partial charge in [-0.3, -0.25) is 0 Å². The number of rotatable bonds is 0. The number of fused-ring (bicyclic) bond motifs is 1. The monoisotopic (exact) mass is 172 g/mol. The molecule has 0 nitrogen and oxygen atoms in total. The van der Waals surface area contributed by atoms with Gasteiger partial charge in [-0.15, -0.1) is 17.3 Å². The zero-order valence-corrected chi connectivity index (χ0v) is 7.61. The van der Waals surface area contributed by atoms with Gasteiger partial charge in [0.1, 0.15) is 0 Å². The fraction of sp³-hybridized carbons (Fsp3) is 0.0909. The molecule has 0 aliphatic carbocycles. The van der Waals surface area contributed by atoms with Crippen LogP contribution in [-0.4, -0.2) is 0 Å². The molecule has 0 unspecified atom stereocenters. The molecule has 0 aliphatic heterocycles. The van der Waals surface area contributed by atoms with Crippen molar-refractivity contribution >= 4 is 21.4 Å². The molecule has 2 aromatic rings. The van der Waals surface area contributed by atoms with E-state index in [2.05, 4.69) is 42.2 Å². The number of hydrogen-bond acceptors (Lipinski definition) is 1. The molecule has 0 fully saturated rings. The van der Waals surface area contributed by atoms with E-state index >= 15 is 0 Å². The second-order valence-electron chi connectivity index (χ2n) is 2.52. The number of thiophene rings is 1. The molecule has 0 saturated heterocycles. The summed E-state index contributed by atoms with van der Waals surface area (Å²) < 4.78 is 1.32. The zero-order valence-electron chi connectivity index (χ0n) is 6.79. The zero-order chi connectivity index (χ0) is 8.39. The van der Waals surface area contributed by atoms with Gasteiger partial charge < -0.3 is 0 Å². The lowest BCUT2D eigenvalue weighted by Gasteiger charge is -1.82.